The van der Waals surface area contributed by atoms with E-state index < -0.39 is 17.8 Å². The highest BCUT2D eigenvalue weighted by atomic mass is 19.4. The normalized spacial score (nSPS) is 17.2. The maximum atomic E-state index is 13.3. The Kier molecular flexibility index (Phi) is 5.90. The van der Waals surface area contributed by atoms with Gasteiger partial charge >= 0.3 is 6.18 Å². The Bertz CT molecular complexity index is 869. The number of rotatable bonds is 4. The SMILES string of the molecule is Cc1ccc(NC(=O)C2CCCN(c3nc(N(C)C)cc(C(F)(F)F)n3)C2)nc1. The Hall–Kier alpha value is -2.91. The van der Waals surface area contributed by atoms with Crippen molar-refractivity contribution in [2.75, 3.05) is 42.3 Å². The number of pyridine rings is 1. The van der Waals surface area contributed by atoms with Gasteiger partial charge in [0.15, 0.2) is 5.69 Å². The minimum atomic E-state index is -4.58. The van der Waals surface area contributed by atoms with E-state index in [4.69, 9.17) is 0 Å². The molecule has 10 heteroatoms. The molecule has 1 amide bonds. The molecule has 29 heavy (non-hydrogen) atoms. The third kappa shape index (κ3) is 5.12. The zero-order chi connectivity index (χ0) is 21.2. The molecule has 1 unspecified atom stereocenters. The van der Waals surface area contributed by atoms with E-state index in [-0.39, 0.29) is 24.2 Å². The van der Waals surface area contributed by atoms with Crippen LogP contribution in [0.25, 0.3) is 0 Å². The van der Waals surface area contributed by atoms with Gasteiger partial charge in [-0.15, -0.1) is 0 Å². The highest BCUT2D eigenvalue weighted by Gasteiger charge is 2.35. The van der Waals surface area contributed by atoms with Crippen LogP contribution in [0.15, 0.2) is 24.4 Å². The van der Waals surface area contributed by atoms with E-state index in [2.05, 4.69) is 20.3 Å². The molecule has 0 spiro atoms. The molecule has 1 saturated heterocycles. The zero-order valence-corrected chi connectivity index (χ0v) is 16.5. The van der Waals surface area contributed by atoms with Gasteiger partial charge in [0.25, 0.3) is 0 Å². The van der Waals surface area contributed by atoms with Crippen LogP contribution < -0.4 is 15.1 Å². The summed E-state index contributed by atoms with van der Waals surface area (Å²) in [4.78, 5) is 27.9. The molecule has 156 valence electrons. The lowest BCUT2D eigenvalue weighted by atomic mass is 9.97. The second kappa shape index (κ2) is 8.22. The van der Waals surface area contributed by atoms with Gasteiger partial charge in [-0.2, -0.15) is 18.2 Å². The van der Waals surface area contributed by atoms with Crippen LogP contribution in [0, 0.1) is 12.8 Å². The molecule has 2 aromatic heterocycles. The second-order valence-corrected chi connectivity index (χ2v) is 7.30. The first kappa shape index (κ1) is 20.8. The third-order valence-electron chi connectivity index (χ3n) is 4.69. The molecule has 3 heterocycles. The number of anilines is 3. The molecule has 1 atom stereocenters. The zero-order valence-electron chi connectivity index (χ0n) is 16.5. The number of hydrogen-bond donors (Lipinski definition) is 1. The average Bonchev–Trinajstić information content (AvgIpc) is 2.68. The number of piperidine rings is 1. The van der Waals surface area contributed by atoms with Crippen molar-refractivity contribution in [1.29, 1.82) is 0 Å². The first-order valence-electron chi connectivity index (χ1n) is 9.25. The molecule has 0 radical (unpaired) electrons. The number of nitrogens with zero attached hydrogens (tertiary/aromatic N) is 5. The molecule has 0 aromatic carbocycles. The van der Waals surface area contributed by atoms with E-state index in [1.54, 1.807) is 31.3 Å². The Labute approximate surface area is 167 Å². The maximum absolute atomic E-state index is 13.3. The molecule has 0 aliphatic carbocycles. The summed E-state index contributed by atoms with van der Waals surface area (Å²) >= 11 is 0. The predicted molar refractivity (Wildman–Crippen MR) is 104 cm³/mol. The van der Waals surface area contributed by atoms with E-state index in [0.717, 1.165) is 11.6 Å². The number of amides is 1. The summed E-state index contributed by atoms with van der Waals surface area (Å²) in [5, 5.41) is 2.77. The number of nitrogens with one attached hydrogen (secondary N) is 1. The Balaban J connectivity index is 1.78. The van der Waals surface area contributed by atoms with Gasteiger partial charge in [0.1, 0.15) is 11.6 Å². The van der Waals surface area contributed by atoms with E-state index in [1.807, 2.05) is 13.0 Å². The summed E-state index contributed by atoms with van der Waals surface area (Å²) < 4.78 is 39.8. The van der Waals surface area contributed by atoms with Crippen molar-refractivity contribution in [3.05, 3.63) is 35.7 Å². The summed E-state index contributed by atoms with van der Waals surface area (Å²) in [6.45, 7) is 2.63. The van der Waals surface area contributed by atoms with Gasteiger partial charge in [-0.3, -0.25) is 4.79 Å². The molecular weight excluding hydrogens is 385 g/mol. The van der Waals surface area contributed by atoms with Crippen LogP contribution in [0.2, 0.25) is 0 Å². The van der Waals surface area contributed by atoms with Gasteiger partial charge in [0.05, 0.1) is 5.92 Å². The van der Waals surface area contributed by atoms with Crippen molar-refractivity contribution < 1.29 is 18.0 Å². The quantitative estimate of drug-likeness (QED) is 0.838. The first-order chi connectivity index (χ1) is 13.6. The van der Waals surface area contributed by atoms with Crippen molar-refractivity contribution in [1.82, 2.24) is 15.0 Å². The molecule has 2 aromatic rings. The van der Waals surface area contributed by atoms with Gasteiger partial charge in [-0.25, -0.2) is 9.97 Å². The molecular formula is C19H23F3N6O. The number of aromatic nitrogens is 3. The van der Waals surface area contributed by atoms with Gasteiger partial charge in [0.2, 0.25) is 11.9 Å². The van der Waals surface area contributed by atoms with Crippen molar-refractivity contribution in [2.45, 2.75) is 25.9 Å². The van der Waals surface area contributed by atoms with Gasteiger partial charge in [0, 0.05) is 39.4 Å². The smallest absolute Gasteiger partial charge is 0.363 e. The minimum Gasteiger partial charge on any atom is -0.363 e. The fourth-order valence-corrected chi connectivity index (χ4v) is 3.08. The van der Waals surface area contributed by atoms with E-state index in [0.29, 0.717) is 25.2 Å². The molecule has 1 aliphatic heterocycles. The largest absolute Gasteiger partial charge is 0.433 e. The van der Waals surface area contributed by atoms with Gasteiger partial charge in [-0.05, 0) is 31.4 Å². The van der Waals surface area contributed by atoms with Crippen LogP contribution in [0.4, 0.5) is 30.8 Å². The van der Waals surface area contributed by atoms with Crippen LogP contribution >= 0.6 is 0 Å². The van der Waals surface area contributed by atoms with Crippen LogP contribution in [0.1, 0.15) is 24.1 Å². The lowest BCUT2D eigenvalue weighted by molar-refractivity contribution is -0.141. The molecule has 1 fully saturated rings. The number of alkyl halides is 3. The second-order valence-electron chi connectivity index (χ2n) is 7.30. The van der Waals surface area contributed by atoms with Crippen LogP contribution in [0.5, 0.6) is 0 Å². The first-order valence-corrected chi connectivity index (χ1v) is 9.25. The lowest BCUT2D eigenvalue weighted by Gasteiger charge is -2.32. The number of hydrogen-bond acceptors (Lipinski definition) is 6. The Morgan fingerprint density at radius 2 is 2.03 bits per heavy atom. The Morgan fingerprint density at radius 1 is 1.28 bits per heavy atom. The highest BCUT2D eigenvalue weighted by Crippen LogP contribution is 2.32. The summed E-state index contributed by atoms with van der Waals surface area (Å²) in [6, 6.07) is 4.48. The fraction of sp³-hybridized carbons (Fsp3) is 0.474. The average molecular weight is 408 g/mol. The fourth-order valence-electron chi connectivity index (χ4n) is 3.08. The van der Waals surface area contributed by atoms with Crippen molar-refractivity contribution in [3.63, 3.8) is 0 Å². The Morgan fingerprint density at radius 3 is 2.66 bits per heavy atom. The monoisotopic (exact) mass is 408 g/mol. The lowest BCUT2D eigenvalue weighted by Crippen LogP contribution is -2.42. The predicted octanol–water partition coefficient (Wildman–Crippen LogP) is 3.12. The summed E-state index contributed by atoms with van der Waals surface area (Å²) in [6.07, 6.45) is -1.64. The highest BCUT2D eigenvalue weighted by molar-refractivity contribution is 5.92. The van der Waals surface area contributed by atoms with E-state index in [9.17, 15) is 18.0 Å². The van der Waals surface area contributed by atoms with Crippen LogP contribution in [-0.2, 0) is 11.0 Å². The molecule has 0 saturated carbocycles. The molecule has 1 aliphatic rings. The summed E-state index contributed by atoms with van der Waals surface area (Å²) in [5.74, 6) is -0.0196. The number of carbonyl (C=O) groups is 1. The molecule has 0 bridgehead atoms. The summed E-state index contributed by atoms with van der Waals surface area (Å²) in [5.41, 5.74) is -0.0214. The van der Waals surface area contributed by atoms with E-state index in [1.165, 1.54) is 4.90 Å². The van der Waals surface area contributed by atoms with Crippen LogP contribution in [0.3, 0.4) is 0 Å². The van der Waals surface area contributed by atoms with Crippen molar-refractivity contribution >= 4 is 23.5 Å². The van der Waals surface area contributed by atoms with Gasteiger partial charge in [-0.1, -0.05) is 6.07 Å². The van der Waals surface area contributed by atoms with Gasteiger partial charge < -0.3 is 15.1 Å². The maximum Gasteiger partial charge on any atom is 0.433 e. The summed E-state index contributed by atoms with van der Waals surface area (Å²) in [7, 11) is 3.24. The number of halogens is 3. The molecule has 7 nitrogen and oxygen atoms in total. The topological polar surface area (TPSA) is 74.2 Å². The number of carbonyl (C=O) groups excluding carboxylic acids is 1. The standard InChI is InChI=1S/C19H23F3N6O/c1-12-6-7-15(23-10-12)25-17(29)13-5-4-8-28(11-13)18-24-14(19(20,21)22)9-16(26-18)27(2)3/h6-7,9-10,13H,4-5,8,11H2,1-3H3,(H,23,25,29). The third-order valence-corrected chi connectivity index (χ3v) is 4.69. The number of aryl methyl sites for hydroxylation is 1. The van der Waals surface area contributed by atoms with Crippen molar-refractivity contribution in [2.24, 2.45) is 5.92 Å². The molecule has 1 N–H and O–H groups in total. The van der Waals surface area contributed by atoms with Crippen LogP contribution in [-0.4, -0.2) is 48.0 Å². The minimum absolute atomic E-state index is 0.0190. The van der Waals surface area contributed by atoms with Crippen molar-refractivity contribution in [3.8, 4) is 0 Å². The molecule has 3 rings (SSSR count). The van der Waals surface area contributed by atoms with E-state index >= 15 is 0 Å².